The molecule has 0 aliphatic carbocycles. The zero-order valence-electron chi connectivity index (χ0n) is 14.7. The smallest absolute Gasteiger partial charge is 0.242 e. The fraction of sp³-hybridized carbons (Fsp3) is 0.167. The molecule has 0 saturated heterocycles. The van der Waals surface area contributed by atoms with Crippen molar-refractivity contribution in [2.24, 2.45) is 0 Å². The van der Waals surface area contributed by atoms with Crippen LogP contribution in [0.2, 0.25) is 0 Å². The second-order valence-corrected chi connectivity index (χ2v) is 8.44. The van der Waals surface area contributed by atoms with Gasteiger partial charge in [-0.3, -0.25) is 4.79 Å². The maximum atomic E-state index is 12.5. The minimum Gasteiger partial charge on any atom is -0.361 e. The number of amides is 1. The number of aromatic amines is 1. The van der Waals surface area contributed by atoms with Gasteiger partial charge in [0.2, 0.25) is 15.9 Å². The lowest BCUT2D eigenvalue weighted by atomic mass is 10.1. The van der Waals surface area contributed by atoms with Gasteiger partial charge >= 0.3 is 0 Å². The SMILES string of the molecule is O=C(Cc1c[nH]c2ccccc12)NCCNS(=O)(=O)c1cccc2nsnc12. The van der Waals surface area contributed by atoms with Crippen LogP contribution in [0.15, 0.2) is 53.6 Å². The van der Waals surface area contributed by atoms with Crippen LogP contribution in [-0.2, 0) is 21.2 Å². The van der Waals surface area contributed by atoms with Crippen LogP contribution >= 0.6 is 11.7 Å². The van der Waals surface area contributed by atoms with Crippen LogP contribution in [0.4, 0.5) is 0 Å². The van der Waals surface area contributed by atoms with E-state index in [4.69, 9.17) is 0 Å². The first-order valence-electron chi connectivity index (χ1n) is 8.57. The van der Waals surface area contributed by atoms with Crippen molar-refractivity contribution in [1.82, 2.24) is 23.8 Å². The van der Waals surface area contributed by atoms with Crippen LogP contribution in [0.1, 0.15) is 5.56 Å². The van der Waals surface area contributed by atoms with Crippen LogP contribution in [-0.4, -0.2) is 41.1 Å². The van der Waals surface area contributed by atoms with E-state index in [1.807, 2.05) is 30.5 Å². The molecule has 2 heterocycles. The number of rotatable bonds is 7. The molecule has 10 heteroatoms. The lowest BCUT2D eigenvalue weighted by Gasteiger charge is -2.08. The minimum atomic E-state index is -3.74. The van der Waals surface area contributed by atoms with E-state index in [-0.39, 0.29) is 30.3 Å². The molecule has 0 aliphatic rings. The maximum absolute atomic E-state index is 12.5. The Balaban J connectivity index is 1.33. The van der Waals surface area contributed by atoms with Crippen LogP contribution in [0, 0.1) is 0 Å². The van der Waals surface area contributed by atoms with E-state index in [0.29, 0.717) is 11.0 Å². The van der Waals surface area contributed by atoms with Gasteiger partial charge in [-0.2, -0.15) is 8.75 Å². The molecule has 4 aromatic rings. The monoisotopic (exact) mass is 415 g/mol. The summed E-state index contributed by atoms with van der Waals surface area (Å²) in [6.45, 7) is 0.265. The summed E-state index contributed by atoms with van der Waals surface area (Å²) in [7, 11) is -3.74. The van der Waals surface area contributed by atoms with Crippen LogP contribution in [0.25, 0.3) is 21.9 Å². The van der Waals surface area contributed by atoms with Gasteiger partial charge in [-0.1, -0.05) is 24.3 Å². The zero-order chi connectivity index (χ0) is 19.6. The Kier molecular flexibility index (Phi) is 5.07. The molecular weight excluding hydrogens is 398 g/mol. The van der Waals surface area contributed by atoms with Gasteiger partial charge in [0.1, 0.15) is 15.9 Å². The number of fused-ring (bicyclic) bond motifs is 2. The van der Waals surface area contributed by atoms with Gasteiger partial charge in [-0.15, -0.1) is 0 Å². The zero-order valence-corrected chi connectivity index (χ0v) is 16.3. The highest BCUT2D eigenvalue weighted by atomic mass is 32.2. The predicted molar refractivity (Wildman–Crippen MR) is 108 cm³/mol. The molecular formula is C18H17N5O3S2. The number of hydrogen-bond donors (Lipinski definition) is 3. The summed E-state index contributed by atoms with van der Waals surface area (Å²) in [4.78, 5) is 15.4. The van der Waals surface area contributed by atoms with Crippen LogP contribution in [0.5, 0.6) is 0 Å². The summed E-state index contributed by atoms with van der Waals surface area (Å²) in [6.07, 6.45) is 2.04. The molecule has 0 bridgehead atoms. The lowest BCUT2D eigenvalue weighted by molar-refractivity contribution is -0.120. The number of sulfonamides is 1. The molecule has 0 saturated carbocycles. The molecule has 8 nitrogen and oxygen atoms in total. The van der Waals surface area contributed by atoms with Crippen LogP contribution in [0.3, 0.4) is 0 Å². The molecule has 0 fully saturated rings. The van der Waals surface area contributed by atoms with E-state index in [2.05, 4.69) is 23.8 Å². The van der Waals surface area contributed by atoms with Crippen molar-refractivity contribution >= 4 is 49.6 Å². The highest BCUT2D eigenvalue weighted by molar-refractivity contribution is 7.89. The number of carbonyl (C=O) groups is 1. The Bertz CT molecular complexity index is 1250. The number of benzene rings is 2. The average Bonchev–Trinajstić information content (AvgIpc) is 3.32. The van der Waals surface area contributed by atoms with Gasteiger partial charge in [0.15, 0.2) is 0 Å². The number of aromatic nitrogens is 3. The Morgan fingerprint density at radius 2 is 1.93 bits per heavy atom. The molecule has 0 radical (unpaired) electrons. The summed E-state index contributed by atoms with van der Waals surface area (Å²) in [5.41, 5.74) is 2.77. The van der Waals surface area contributed by atoms with Gasteiger partial charge in [-0.25, -0.2) is 13.1 Å². The third-order valence-electron chi connectivity index (χ3n) is 4.30. The molecule has 0 unspecified atom stereocenters. The Labute approximate surface area is 165 Å². The minimum absolute atomic E-state index is 0.0793. The molecule has 4 rings (SSSR count). The fourth-order valence-electron chi connectivity index (χ4n) is 2.98. The van der Waals surface area contributed by atoms with Crippen molar-refractivity contribution in [3.8, 4) is 0 Å². The quantitative estimate of drug-likeness (QED) is 0.398. The summed E-state index contributed by atoms with van der Waals surface area (Å²) in [6, 6.07) is 12.6. The Hall–Kier alpha value is -2.82. The molecule has 144 valence electrons. The van der Waals surface area contributed by atoms with E-state index < -0.39 is 10.0 Å². The van der Waals surface area contributed by atoms with E-state index >= 15 is 0 Å². The van der Waals surface area contributed by atoms with E-state index in [1.54, 1.807) is 12.1 Å². The van der Waals surface area contributed by atoms with Crippen molar-refractivity contribution in [2.45, 2.75) is 11.3 Å². The largest absolute Gasteiger partial charge is 0.361 e. The molecule has 3 N–H and O–H groups in total. The van der Waals surface area contributed by atoms with Crippen LogP contribution < -0.4 is 10.0 Å². The number of carbonyl (C=O) groups excluding carboxylic acids is 1. The van der Waals surface area contributed by atoms with Gasteiger partial charge in [-0.05, 0) is 23.8 Å². The molecule has 2 aromatic carbocycles. The highest BCUT2D eigenvalue weighted by Crippen LogP contribution is 2.20. The second kappa shape index (κ2) is 7.66. The third kappa shape index (κ3) is 3.75. The number of H-pyrrole nitrogens is 1. The summed E-state index contributed by atoms with van der Waals surface area (Å²) in [5, 5.41) is 3.74. The average molecular weight is 416 g/mol. The highest BCUT2D eigenvalue weighted by Gasteiger charge is 2.19. The van der Waals surface area contributed by atoms with Gasteiger partial charge < -0.3 is 10.3 Å². The van der Waals surface area contributed by atoms with E-state index in [1.165, 1.54) is 6.07 Å². The molecule has 0 atom stereocenters. The van der Waals surface area contributed by atoms with Crippen molar-refractivity contribution in [3.05, 3.63) is 54.2 Å². The van der Waals surface area contributed by atoms with E-state index in [9.17, 15) is 13.2 Å². The maximum Gasteiger partial charge on any atom is 0.242 e. The predicted octanol–water partition coefficient (Wildman–Crippen LogP) is 1.81. The van der Waals surface area contributed by atoms with Gasteiger partial charge in [0.25, 0.3) is 0 Å². The lowest BCUT2D eigenvalue weighted by Crippen LogP contribution is -2.35. The third-order valence-corrected chi connectivity index (χ3v) is 6.34. The van der Waals surface area contributed by atoms with Gasteiger partial charge in [0, 0.05) is 30.2 Å². The second-order valence-electron chi connectivity index (χ2n) is 6.17. The first-order chi connectivity index (χ1) is 13.5. The van der Waals surface area contributed by atoms with Gasteiger partial charge in [0.05, 0.1) is 18.1 Å². The van der Waals surface area contributed by atoms with Crippen molar-refractivity contribution in [2.75, 3.05) is 13.1 Å². The fourth-order valence-corrected chi connectivity index (χ4v) is 4.77. The number of hydrogen-bond acceptors (Lipinski definition) is 6. The molecule has 28 heavy (non-hydrogen) atoms. The summed E-state index contributed by atoms with van der Waals surface area (Å²) in [5.74, 6) is -0.172. The van der Waals surface area contributed by atoms with E-state index in [0.717, 1.165) is 28.2 Å². The summed E-state index contributed by atoms with van der Waals surface area (Å²) >= 11 is 0.966. The number of nitrogens with zero attached hydrogens (tertiary/aromatic N) is 2. The summed E-state index contributed by atoms with van der Waals surface area (Å²) < 4.78 is 35.6. The standard InChI is InChI=1S/C18H17N5O3S2/c24-17(10-12-11-20-14-5-2-1-4-13(12)14)19-8-9-21-28(25,26)16-7-3-6-15-18(16)23-27-22-15/h1-7,11,20-21H,8-10H2,(H,19,24). The Morgan fingerprint density at radius 3 is 2.82 bits per heavy atom. The number of nitrogens with one attached hydrogen (secondary N) is 3. The van der Waals surface area contributed by atoms with Crippen molar-refractivity contribution in [1.29, 1.82) is 0 Å². The molecule has 1 amide bonds. The first kappa shape index (κ1) is 18.5. The first-order valence-corrected chi connectivity index (χ1v) is 10.8. The van der Waals surface area contributed by atoms with Crippen molar-refractivity contribution < 1.29 is 13.2 Å². The molecule has 2 aromatic heterocycles. The number of para-hydroxylation sites is 1. The topological polar surface area (TPSA) is 117 Å². The van der Waals surface area contributed by atoms with Crippen molar-refractivity contribution in [3.63, 3.8) is 0 Å². The Morgan fingerprint density at radius 1 is 1.07 bits per heavy atom. The molecule has 0 spiro atoms. The normalized spacial score (nSPS) is 11.9. The molecule has 0 aliphatic heterocycles.